The van der Waals surface area contributed by atoms with Crippen LogP contribution in [-0.4, -0.2) is 30.9 Å². The van der Waals surface area contributed by atoms with E-state index in [9.17, 15) is 19.2 Å². The summed E-state index contributed by atoms with van der Waals surface area (Å²) < 4.78 is 10.0. The third kappa shape index (κ3) is 2.95. The smallest absolute Gasteiger partial charge is 0.343 e. The predicted molar refractivity (Wildman–Crippen MR) is 116 cm³/mol. The number of esters is 2. The Morgan fingerprint density at radius 2 is 1.30 bits per heavy atom. The molecule has 1 aliphatic heterocycles. The zero-order chi connectivity index (χ0) is 22.9. The topological polar surface area (TPSA) is 90.0 Å². The molecule has 5 aliphatic rings. The molecule has 7 heteroatoms. The Hall–Kier alpha value is -3.74. The van der Waals surface area contributed by atoms with Gasteiger partial charge >= 0.3 is 11.9 Å². The molecule has 0 N–H and O–H groups in total. The predicted octanol–water partition coefficient (Wildman–Crippen LogP) is 3.25. The van der Waals surface area contributed by atoms with Crippen LogP contribution >= 0.6 is 0 Å². The maximum Gasteiger partial charge on any atom is 0.343 e. The largest absolute Gasteiger partial charge is 0.465 e. The second-order valence-electron chi connectivity index (χ2n) is 9.12. The molecule has 0 radical (unpaired) electrons. The first kappa shape index (κ1) is 19.9. The highest BCUT2D eigenvalue weighted by Crippen LogP contribution is 2.65. The number of ether oxygens (including phenoxy) is 2. The first-order chi connectivity index (χ1) is 16.0. The van der Waals surface area contributed by atoms with E-state index in [1.807, 2.05) is 0 Å². The van der Waals surface area contributed by atoms with E-state index in [2.05, 4.69) is 16.9 Å². The number of allylic oxidation sites excluding steroid dienone is 2. The van der Waals surface area contributed by atoms with Crippen LogP contribution in [0.3, 0.4) is 0 Å². The van der Waals surface area contributed by atoms with Gasteiger partial charge in [0.15, 0.2) is 0 Å². The summed E-state index contributed by atoms with van der Waals surface area (Å²) in [5.74, 6) is -0.0925. The van der Waals surface area contributed by atoms with E-state index >= 15 is 0 Å². The van der Waals surface area contributed by atoms with Crippen molar-refractivity contribution in [3.8, 4) is 5.75 Å². The van der Waals surface area contributed by atoms with Crippen molar-refractivity contribution in [3.05, 3.63) is 71.8 Å². The number of imide groups is 1. The van der Waals surface area contributed by atoms with E-state index in [1.165, 1.54) is 36.3 Å². The van der Waals surface area contributed by atoms with E-state index in [4.69, 9.17) is 4.74 Å². The number of anilines is 1. The van der Waals surface area contributed by atoms with Crippen molar-refractivity contribution in [2.24, 2.45) is 35.5 Å². The zero-order valence-corrected chi connectivity index (χ0v) is 17.8. The molecule has 6 unspecified atom stereocenters. The van der Waals surface area contributed by atoms with Crippen LogP contribution < -0.4 is 9.64 Å². The molecule has 2 bridgehead atoms. The van der Waals surface area contributed by atoms with Crippen molar-refractivity contribution in [3.63, 3.8) is 0 Å². The monoisotopic (exact) mass is 443 g/mol. The van der Waals surface area contributed by atoms with E-state index < -0.39 is 11.9 Å². The molecule has 7 rings (SSSR count). The number of carbonyl (C=O) groups is 4. The molecule has 2 saturated carbocycles. The average molecular weight is 443 g/mol. The zero-order valence-electron chi connectivity index (χ0n) is 17.8. The van der Waals surface area contributed by atoms with Gasteiger partial charge in [-0.3, -0.25) is 14.5 Å². The van der Waals surface area contributed by atoms with Crippen LogP contribution in [0.2, 0.25) is 0 Å². The summed E-state index contributed by atoms with van der Waals surface area (Å²) in [4.78, 5) is 51.7. The Balaban J connectivity index is 1.18. The van der Waals surface area contributed by atoms with Gasteiger partial charge in [-0.2, -0.15) is 0 Å². The molecule has 3 fully saturated rings. The van der Waals surface area contributed by atoms with Gasteiger partial charge in [0.25, 0.3) is 0 Å². The fourth-order valence-electron chi connectivity index (χ4n) is 5.90. The first-order valence-corrected chi connectivity index (χ1v) is 11.0. The minimum Gasteiger partial charge on any atom is -0.465 e. The summed E-state index contributed by atoms with van der Waals surface area (Å²) in [6.45, 7) is 0. The summed E-state index contributed by atoms with van der Waals surface area (Å²) in [7, 11) is 1.29. The Morgan fingerprint density at radius 1 is 0.788 bits per heavy atom. The third-order valence-electron chi connectivity index (χ3n) is 7.51. The lowest BCUT2D eigenvalue weighted by atomic mass is 9.63. The molecule has 33 heavy (non-hydrogen) atoms. The van der Waals surface area contributed by atoms with Crippen molar-refractivity contribution >= 4 is 29.4 Å². The maximum absolute atomic E-state index is 13.2. The molecule has 166 valence electrons. The van der Waals surface area contributed by atoms with Gasteiger partial charge in [0, 0.05) is 0 Å². The molecule has 1 saturated heterocycles. The summed E-state index contributed by atoms with van der Waals surface area (Å²) in [6, 6.07) is 12.4. The molecule has 2 aromatic rings. The SMILES string of the molecule is COC(=O)c1ccc(OC(=O)c2ccc(N3C(=O)C4C5C=CC(C6CC56)C4C3=O)cc2)cc1. The number of carbonyl (C=O) groups excluding carboxylic acids is 4. The molecule has 1 heterocycles. The van der Waals surface area contributed by atoms with Crippen molar-refractivity contribution < 1.29 is 28.7 Å². The van der Waals surface area contributed by atoms with Gasteiger partial charge in [0.05, 0.1) is 35.8 Å². The summed E-state index contributed by atoms with van der Waals surface area (Å²) >= 11 is 0. The van der Waals surface area contributed by atoms with Gasteiger partial charge in [0.1, 0.15) is 5.75 Å². The van der Waals surface area contributed by atoms with Gasteiger partial charge in [-0.15, -0.1) is 0 Å². The highest BCUT2D eigenvalue weighted by atomic mass is 16.5. The minimum absolute atomic E-state index is 0.129. The van der Waals surface area contributed by atoms with Crippen LogP contribution in [0.4, 0.5) is 5.69 Å². The fraction of sp³-hybridized carbons (Fsp3) is 0.308. The van der Waals surface area contributed by atoms with E-state index in [1.54, 1.807) is 24.3 Å². The molecule has 2 amide bonds. The van der Waals surface area contributed by atoms with Crippen LogP contribution in [0.25, 0.3) is 0 Å². The van der Waals surface area contributed by atoms with Gasteiger partial charge < -0.3 is 9.47 Å². The molecule has 4 aliphatic carbocycles. The lowest BCUT2D eigenvalue weighted by molar-refractivity contribution is -0.124. The van der Waals surface area contributed by atoms with Gasteiger partial charge in [0.2, 0.25) is 11.8 Å². The van der Waals surface area contributed by atoms with Crippen LogP contribution in [0.15, 0.2) is 60.7 Å². The van der Waals surface area contributed by atoms with E-state index in [-0.39, 0.29) is 46.8 Å². The van der Waals surface area contributed by atoms with Crippen molar-refractivity contribution in [2.45, 2.75) is 6.42 Å². The number of methoxy groups -OCH3 is 1. The molecule has 6 atom stereocenters. The maximum atomic E-state index is 13.2. The van der Waals surface area contributed by atoms with Crippen LogP contribution in [0.1, 0.15) is 27.1 Å². The number of amides is 2. The molecular formula is C26H21NO6. The molecular weight excluding hydrogens is 422 g/mol. The van der Waals surface area contributed by atoms with Crippen LogP contribution in [0.5, 0.6) is 5.75 Å². The third-order valence-corrected chi connectivity index (χ3v) is 7.51. The Bertz CT molecular complexity index is 1180. The van der Waals surface area contributed by atoms with E-state index in [0.29, 0.717) is 23.1 Å². The number of hydrogen-bond donors (Lipinski definition) is 0. The minimum atomic E-state index is -0.581. The summed E-state index contributed by atoms with van der Waals surface area (Å²) in [5.41, 5.74) is 1.12. The van der Waals surface area contributed by atoms with Gasteiger partial charge in [-0.05, 0) is 78.6 Å². The number of rotatable bonds is 4. The quantitative estimate of drug-likeness (QED) is 0.312. The molecule has 7 nitrogen and oxygen atoms in total. The summed E-state index contributed by atoms with van der Waals surface area (Å²) in [5, 5.41) is 0. The second-order valence-corrected chi connectivity index (χ2v) is 9.12. The van der Waals surface area contributed by atoms with Crippen molar-refractivity contribution in [2.75, 3.05) is 12.0 Å². The van der Waals surface area contributed by atoms with Gasteiger partial charge in [-0.1, -0.05) is 12.2 Å². The Morgan fingerprint density at radius 3 is 1.85 bits per heavy atom. The highest BCUT2D eigenvalue weighted by molar-refractivity contribution is 6.22. The highest BCUT2D eigenvalue weighted by Gasteiger charge is 2.67. The summed E-state index contributed by atoms with van der Waals surface area (Å²) in [6.07, 6.45) is 5.41. The number of nitrogens with zero attached hydrogens (tertiary/aromatic N) is 1. The van der Waals surface area contributed by atoms with Crippen molar-refractivity contribution in [1.29, 1.82) is 0 Å². The van der Waals surface area contributed by atoms with Crippen LogP contribution in [-0.2, 0) is 14.3 Å². The van der Waals surface area contributed by atoms with Crippen LogP contribution in [0, 0.1) is 35.5 Å². The molecule has 0 spiro atoms. The lowest BCUT2D eigenvalue weighted by Crippen LogP contribution is -2.40. The first-order valence-electron chi connectivity index (χ1n) is 11.0. The van der Waals surface area contributed by atoms with Crippen molar-refractivity contribution in [1.82, 2.24) is 0 Å². The average Bonchev–Trinajstić information content (AvgIpc) is 3.62. The standard InChI is InChI=1S/C26H21NO6/c1-32-25(30)13-4-8-16(9-5-13)33-26(31)14-2-6-15(7-3-14)27-23(28)21-17-10-11-18(20-12-19(17)20)22(21)24(27)29/h2-11,17-22H,12H2,1H3. The molecule has 2 aromatic carbocycles. The number of hydrogen-bond acceptors (Lipinski definition) is 6. The van der Waals surface area contributed by atoms with Gasteiger partial charge in [-0.25, -0.2) is 9.59 Å². The normalized spacial score (nSPS) is 30.6. The Kier molecular flexibility index (Phi) is 4.30. The fourth-order valence-corrected chi connectivity index (χ4v) is 5.90. The Labute approximate surface area is 190 Å². The van der Waals surface area contributed by atoms with E-state index in [0.717, 1.165) is 6.42 Å². The second kappa shape index (κ2) is 7.13. The molecule has 0 aromatic heterocycles. The number of benzene rings is 2. The lowest BCUT2D eigenvalue weighted by Gasteiger charge is -2.37.